The summed E-state index contributed by atoms with van der Waals surface area (Å²) in [5.41, 5.74) is 0. The summed E-state index contributed by atoms with van der Waals surface area (Å²) >= 11 is 5.71. The standard InChI is InChI=1S/C6H9ClO2S/c7-6-5-1-4(2-5)3-10(6,8)9/h4-6H,1-3H2. The van der Waals surface area contributed by atoms with Gasteiger partial charge in [0.05, 0.1) is 5.75 Å². The number of fused-ring (bicyclic) bond motifs is 2. The van der Waals surface area contributed by atoms with E-state index in [0.717, 1.165) is 12.8 Å². The first-order valence-corrected chi connectivity index (χ1v) is 5.60. The van der Waals surface area contributed by atoms with E-state index >= 15 is 0 Å². The first kappa shape index (κ1) is 6.92. The maximum Gasteiger partial charge on any atom is 0.167 e. The molecule has 4 heteroatoms. The minimum Gasteiger partial charge on any atom is -0.227 e. The smallest absolute Gasteiger partial charge is 0.167 e. The Labute approximate surface area is 65.5 Å². The maximum atomic E-state index is 11.1. The fourth-order valence-corrected chi connectivity index (χ4v) is 4.20. The highest BCUT2D eigenvalue weighted by molar-refractivity contribution is 7.93. The van der Waals surface area contributed by atoms with Crippen molar-refractivity contribution in [2.75, 3.05) is 5.75 Å². The monoisotopic (exact) mass is 180 g/mol. The van der Waals surface area contributed by atoms with Gasteiger partial charge in [-0.25, -0.2) is 8.42 Å². The topological polar surface area (TPSA) is 34.1 Å². The highest BCUT2D eigenvalue weighted by atomic mass is 35.5. The normalized spacial score (nSPS) is 49.9. The average Bonchev–Trinajstić information content (AvgIpc) is 1.72. The Morgan fingerprint density at radius 1 is 1.30 bits per heavy atom. The molecule has 0 aromatic carbocycles. The van der Waals surface area contributed by atoms with Crippen molar-refractivity contribution in [2.24, 2.45) is 11.8 Å². The minimum absolute atomic E-state index is 0.269. The van der Waals surface area contributed by atoms with Gasteiger partial charge in [0.2, 0.25) is 0 Å². The number of alkyl halides is 1. The second-order valence-electron chi connectivity index (χ2n) is 3.28. The van der Waals surface area contributed by atoms with Gasteiger partial charge in [0.25, 0.3) is 0 Å². The van der Waals surface area contributed by atoms with Crippen molar-refractivity contribution < 1.29 is 8.42 Å². The van der Waals surface area contributed by atoms with Gasteiger partial charge in [0, 0.05) is 0 Å². The highest BCUT2D eigenvalue weighted by Gasteiger charge is 2.48. The van der Waals surface area contributed by atoms with Gasteiger partial charge in [-0.3, -0.25) is 0 Å². The summed E-state index contributed by atoms with van der Waals surface area (Å²) in [6, 6.07) is 0. The van der Waals surface area contributed by atoms with E-state index < -0.39 is 14.5 Å². The lowest BCUT2D eigenvalue weighted by Crippen LogP contribution is -2.46. The van der Waals surface area contributed by atoms with E-state index in [-0.39, 0.29) is 5.92 Å². The van der Waals surface area contributed by atoms with Crippen molar-refractivity contribution in [3.05, 3.63) is 0 Å². The summed E-state index contributed by atoms with van der Waals surface area (Å²) < 4.78 is 21.6. The van der Waals surface area contributed by atoms with Crippen LogP contribution in [0.5, 0.6) is 0 Å². The molecule has 0 aromatic heterocycles. The van der Waals surface area contributed by atoms with Gasteiger partial charge < -0.3 is 0 Å². The van der Waals surface area contributed by atoms with Gasteiger partial charge in [-0.1, -0.05) is 0 Å². The molecule has 3 fully saturated rings. The van der Waals surface area contributed by atoms with Gasteiger partial charge in [-0.05, 0) is 24.7 Å². The van der Waals surface area contributed by atoms with Crippen molar-refractivity contribution in [1.29, 1.82) is 0 Å². The zero-order valence-corrected chi connectivity index (χ0v) is 7.03. The molecule has 0 aromatic rings. The predicted octanol–water partition coefficient (Wildman–Crippen LogP) is 1.01. The van der Waals surface area contributed by atoms with Crippen molar-refractivity contribution in [1.82, 2.24) is 0 Å². The van der Waals surface area contributed by atoms with E-state index in [1.54, 1.807) is 0 Å². The lowest BCUT2D eigenvalue weighted by atomic mass is 9.76. The molecular weight excluding hydrogens is 172 g/mol. The Hall–Kier alpha value is 0.240. The lowest BCUT2D eigenvalue weighted by Gasteiger charge is -2.43. The lowest BCUT2D eigenvalue weighted by molar-refractivity contribution is 0.209. The molecule has 1 aliphatic carbocycles. The molecule has 1 atom stereocenters. The van der Waals surface area contributed by atoms with Crippen LogP contribution in [0.4, 0.5) is 0 Å². The van der Waals surface area contributed by atoms with E-state index in [4.69, 9.17) is 11.6 Å². The molecule has 2 heterocycles. The van der Waals surface area contributed by atoms with Crippen LogP contribution in [0, 0.1) is 11.8 Å². The Bertz CT molecular complexity index is 240. The molecule has 0 spiro atoms. The third-order valence-electron chi connectivity index (χ3n) is 2.45. The quantitative estimate of drug-likeness (QED) is 0.522. The highest BCUT2D eigenvalue weighted by Crippen LogP contribution is 2.46. The van der Waals surface area contributed by atoms with Crippen LogP contribution >= 0.6 is 11.6 Å². The van der Waals surface area contributed by atoms with Crippen LogP contribution in [0.25, 0.3) is 0 Å². The molecule has 10 heavy (non-hydrogen) atoms. The summed E-state index contributed by atoms with van der Waals surface area (Å²) in [6.07, 6.45) is 2.07. The molecular formula is C6H9ClO2S. The van der Waals surface area contributed by atoms with Crippen LogP contribution in [0.15, 0.2) is 0 Å². The molecule has 2 nitrogen and oxygen atoms in total. The van der Waals surface area contributed by atoms with E-state index in [2.05, 4.69) is 0 Å². The largest absolute Gasteiger partial charge is 0.227 e. The molecule has 2 bridgehead atoms. The van der Waals surface area contributed by atoms with E-state index in [1.165, 1.54) is 0 Å². The Morgan fingerprint density at radius 2 is 1.90 bits per heavy atom. The van der Waals surface area contributed by atoms with Gasteiger partial charge in [-0.2, -0.15) is 0 Å². The number of halogens is 1. The van der Waals surface area contributed by atoms with Crippen molar-refractivity contribution in [3.63, 3.8) is 0 Å². The SMILES string of the molecule is O=S1(=O)CC2CC(C2)C1Cl. The molecule has 0 N–H and O–H groups in total. The van der Waals surface area contributed by atoms with Crippen LogP contribution in [-0.2, 0) is 9.84 Å². The average molecular weight is 181 g/mol. The zero-order chi connectivity index (χ0) is 7.35. The fourth-order valence-electron chi connectivity index (χ4n) is 1.85. The molecule has 0 amide bonds. The molecule has 58 valence electrons. The number of hydrogen-bond acceptors (Lipinski definition) is 2. The minimum atomic E-state index is -2.90. The van der Waals surface area contributed by atoms with Crippen LogP contribution in [0.3, 0.4) is 0 Å². The van der Waals surface area contributed by atoms with Gasteiger partial charge in [-0.15, -0.1) is 11.6 Å². The van der Waals surface area contributed by atoms with Gasteiger partial charge in [0.1, 0.15) is 4.71 Å². The maximum absolute atomic E-state index is 11.1. The second kappa shape index (κ2) is 1.89. The van der Waals surface area contributed by atoms with Gasteiger partial charge >= 0.3 is 0 Å². The van der Waals surface area contributed by atoms with E-state index in [9.17, 15) is 8.42 Å². The third kappa shape index (κ3) is 0.800. The summed E-state index contributed by atoms with van der Waals surface area (Å²) in [6.45, 7) is 0. The van der Waals surface area contributed by atoms with Crippen LogP contribution in [0.1, 0.15) is 12.8 Å². The van der Waals surface area contributed by atoms with Crippen LogP contribution in [-0.4, -0.2) is 18.9 Å². The van der Waals surface area contributed by atoms with Gasteiger partial charge in [0.15, 0.2) is 9.84 Å². The summed E-state index contributed by atoms with van der Waals surface area (Å²) in [7, 11) is -2.90. The summed E-state index contributed by atoms with van der Waals surface area (Å²) in [4.78, 5) is 0. The molecule has 3 rings (SSSR count). The molecule has 0 radical (unpaired) electrons. The van der Waals surface area contributed by atoms with Crippen LogP contribution in [0.2, 0.25) is 0 Å². The first-order chi connectivity index (χ1) is 4.59. The molecule has 2 aliphatic heterocycles. The van der Waals surface area contributed by atoms with E-state index in [0.29, 0.717) is 11.7 Å². The van der Waals surface area contributed by atoms with Crippen molar-refractivity contribution in [2.45, 2.75) is 17.6 Å². The predicted molar refractivity (Wildman–Crippen MR) is 39.6 cm³/mol. The van der Waals surface area contributed by atoms with Crippen molar-refractivity contribution in [3.8, 4) is 0 Å². The first-order valence-electron chi connectivity index (χ1n) is 3.45. The van der Waals surface area contributed by atoms with Crippen molar-refractivity contribution >= 4 is 21.4 Å². The third-order valence-corrected chi connectivity index (χ3v) is 5.63. The summed E-state index contributed by atoms with van der Waals surface area (Å²) in [5.74, 6) is 1.04. The summed E-state index contributed by atoms with van der Waals surface area (Å²) in [5, 5.41) is 0. The molecule has 1 unspecified atom stereocenters. The Kier molecular flexibility index (Phi) is 1.30. The Morgan fingerprint density at radius 3 is 2.20 bits per heavy atom. The number of rotatable bonds is 0. The number of hydrogen-bond donors (Lipinski definition) is 0. The number of sulfone groups is 1. The molecule has 3 aliphatic rings. The molecule has 2 saturated heterocycles. The molecule has 1 saturated carbocycles. The van der Waals surface area contributed by atoms with Crippen LogP contribution < -0.4 is 0 Å². The van der Waals surface area contributed by atoms with E-state index in [1.807, 2.05) is 0 Å². The zero-order valence-electron chi connectivity index (χ0n) is 5.46. The second-order valence-corrected chi connectivity index (χ2v) is 6.17. The fraction of sp³-hybridized carbons (Fsp3) is 1.00. The Balaban J connectivity index is 2.29.